The molecule has 2 aliphatic rings. The Kier molecular flexibility index (Phi) is 5.25. The highest BCUT2D eigenvalue weighted by Gasteiger charge is 2.22. The summed E-state index contributed by atoms with van der Waals surface area (Å²) in [6.07, 6.45) is 4.21. The average Bonchev–Trinajstić information content (AvgIpc) is 3.14. The lowest BCUT2D eigenvalue weighted by atomic mass is 10.1. The van der Waals surface area contributed by atoms with Gasteiger partial charge in [-0.15, -0.1) is 0 Å². The smallest absolute Gasteiger partial charge is 0.0897 e. The molecule has 1 aromatic rings. The van der Waals surface area contributed by atoms with Crippen LogP contribution in [0.2, 0.25) is 0 Å². The fraction of sp³-hybridized carbons (Fsp3) is 0.647. The van der Waals surface area contributed by atoms with Gasteiger partial charge in [0, 0.05) is 19.2 Å². The molecule has 21 heavy (non-hydrogen) atoms. The van der Waals surface area contributed by atoms with Crippen LogP contribution >= 0.6 is 0 Å². The number of rotatable bonds is 7. The standard InChI is InChI=1S/C17H25NO3/c19-14(11-20-12-15-5-3-9-21-15)10-18-17-8-7-13-4-1-2-6-16(13)17/h1-2,4,6,14-15,17-19H,3,5,7-12H2. The van der Waals surface area contributed by atoms with Crippen molar-refractivity contribution in [3.8, 4) is 0 Å². The van der Waals surface area contributed by atoms with E-state index in [4.69, 9.17) is 9.47 Å². The first-order chi connectivity index (χ1) is 10.3. The van der Waals surface area contributed by atoms with Crippen LogP contribution in [0.25, 0.3) is 0 Å². The van der Waals surface area contributed by atoms with Gasteiger partial charge in [-0.05, 0) is 36.8 Å². The van der Waals surface area contributed by atoms with Crippen molar-refractivity contribution in [1.82, 2.24) is 5.32 Å². The van der Waals surface area contributed by atoms with Crippen molar-refractivity contribution in [2.75, 3.05) is 26.4 Å². The van der Waals surface area contributed by atoms with Crippen molar-refractivity contribution in [2.24, 2.45) is 0 Å². The summed E-state index contributed by atoms with van der Waals surface area (Å²) < 4.78 is 11.0. The highest BCUT2D eigenvalue weighted by atomic mass is 16.5. The number of aliphatic hydroxyl groups is 1. The Morgan fingerprint density at radius 2 is 2.24 bits per heavy atom. The number of aryl methyl sites for hydroxylation is 1. The third-order valence-electron chi connectivity index (χ3n) is 4.37. The largest absolute Gasteiger partial charge is 0.389 e. The van der Waals surface area contributed by atoms with E-state index in [2.05, 4.69) is 29.6 Å². The Bertz CT molecular complexity index is 445. The third-order valence-corrected chi connectivity index (χ3v) is 4.37. The first-order valence-corrected chi connectivity index (χ1v) is 8.01. The summed E-state index contributed by atoms with van der Waals surface area (Å²) in [5.74, 6) is 0. The number of benzene rings is 1. The van der Waals surface area contributed by atoms with Crippen molar-refractivity contribution in [3.05, 3.63) is 35.4 Å². The maximum absolute atomic E-state index is 10.0. The van der Waals surface area contributed by atoms with Gasteiger partial charge in [-0.2, -0.15) is 0 Å². The monoisotopic (exact) mass is 291 g/mol. The van der Waals surface area contributed by atoms with Gasteiger partial charge in [-0.1, -0.05) is 24.3 Å². The van der Waals surface area contributed by atoms with Gasteiger partial charge in [0.05, 0.1) is 25.4 Å². The van der Waals surface area contributed by atoms with Crippen LogP contribution in [-0.4, -0.2) is 43.7 Å². The van der Waals surface area contributed by atoms with Crippen LogP contribution in [0, 0.1) is 0 Å². The minimum atomic E-state index is -0.459. The van der Waals surface area contributed by atoms with E-state index in [1.54, 1.807) is 0 Å². The zero-order valence-electron chi connectivity index (χ0n) is 12.5. The first kappa shape index (κ1) is 15.0. The topological polar surface area (TPSA) is 50.7 Å². The second kappa shape index (κ2) is 7.36. The molecule has 0 amide bonds. The molecule has 116 valence electrons. The van der Waals surface area contributed by atoms with Crippen molar-refractivity contribution >= 4 is 0 Å². The molecule has 0 spiro atoms. The molecule has 0 saturated carbocycles. The van der Waals surface area contributed by atoms with Crippen molar-refractivity contribution in [3.63, 3.8) is 0 Å². The van der Waals surface area contributed by atoms with Crippen LogP contribution in [0.4, 0.5) is 0 Å². The van der Waals surface area contributed by atoms with E-state index in [0.29, 0.717) is 25.8 Å². The molecule has 1 fully saturated rings. The fourth-order valence-electron chi connectivity index (χ4n) is 3.22. The molecule has 1 aromatic carbocycles. The van der Waals surface area contributed by atoms with Gasteiger partial charge in [-0.25, -0.2) is 0 Å². The second-order valence-electron chi connectivity index (χ2n) is 6.02. The molecule has 1 heterocycles. The normalized spacial score (nSPS) is 26.0. The molecular formula is C17H25NO3. The van der Waals surface area contributed by atoms with E-state index >= 15 is 0 Å². The molecule has 1 aliphatic carbocycles. The molecule has 3 rings (SSSR count). The number of aliphatic hydroxyl groups excluding tert-OH is 1. The first-order valence-electron chi connectivity index (χ1n) is 8.01. The van der Waals surface area contributed by atoms with Crippen LogP contribution in [0.15, 0.2) is 24.3 Å². The molecule has 3 atom stereocenters. The molecule has 1 aliphatic heterocycles. The molecule has 3 unspecified atom stereocenters. The van der Waals surface area contributed by atoms with Crippen LogP contribution in [0.3, 0.4) is 0 Å². The van der Waals surface area contributed by atoms with Crippen LogP contribution in [0.1, 0.15) is 36.4 Å². The number of hydrogen-bond acceptors (Lipinski definition) is 4. The lowest BCUT2D eigenvalue weighted by molar-refractivity contribution is -0.0169. The third kappa shape index (κ3) is 4.04. The number of hydrogen-bond donors (Lipinski definition) is 2. The zero-order chi connectivity index (χ0) is 14.5. The number of nitrogens with one attached hydrogen (secondary N) is 1. The maximum atomic E-state index is 10.0. The van der Waals surface area contributed by atoms with Crippen LogP contribution < -0.4 is 5.32 Å². The van der Waals surface area contributed by atoms with Gasteiger partial charge in [0.15, 0.2) is 0 Å². The molecule has 4 nitrogen and oxygen atoms in total. The summed E-state index contributed by atoms with van der Waals surface area (Å²) in [6, 6.07) is 8.92. The molecule has 4 heteroatoms. The SMILES string of the molecule is OC(CNC1CCc2ccccc21)COCC1CCCO1. The van der Waals surface area contributed by atoms with Crippen molar-refractivity contribution < 1.29 is 14.6 Å². The van der Waals surface area contributed by atoms with Crippen molar-refractivity contribution in [2.45, 2.75) is 43.9 Å². The van der Waals surface area contributed by atoms with Gasteiger partial charge in [0.25, 0.3) is 0 Å². The molecule has 0 radical (unpaired) electrons. The van der Waals surface area contributed by atoms with E-state index in [1.807, 2.05) is 0 Å². The average molecular weight is 291 g/mol. The van der Waals surface area contributed by atoms with Gasteiger partial charge < -0.3 is 19.9 Å². The molecule has 0 bridgehead atoms. The summed E-state index contributed by atoms with van der Waals surface area (Å²) in [5, 5.41) is 13.5. The van der Waals surface area contributed by atoms with E-state index in [-0.39, 0.29) is 6.10 Å². The highest BCUT2D eigenvalue weighted by Crippen LogP contribution is 2.30. The Balaban J connectivity index is 1.35. The van der Waals surface area contributed by atoms with E-state index < -0.39 is 6.10 Å². The predicted molar refractivity (Wildman–Crippen MR) is 81.3 cm³/mol. The molecular weight excluding hydrogens is 266 g/mol. The zero-order valence-corrected chi connectivity index (χ0v) is 12.5. The Labute approximate surface area is 126 Å². The minimum absolute atomic E-state index is 0.229. The fourth-order valence-corrected chi connectivity index (χ4v) is 3.22. The Hall–Kier alpha value is -0.940. The van der Waals surface area contributed by atoms with Crippen LogP contribution in [-0.2, 0) is 15.9 Å². The minimum Gasteiger partial charge on any atom is -0.389 e. The molecule has 1 saturated heterocycles. The number of fused-ring (bicyclic) bond motifs is 1. The Morgan fingerprint density at radius 3 is 3.10 bits per heavy atom. The number of ether oxygens (including phenoxy) is 2. The predicted octanol–water partition coefficient (Wildman–Crippen LogP) is 1.82. The quantitative estimate of drug-likeness (QED) is 0.804. The van der Waals surface area contributed by atoms with Gasteiger partial charge in [0.2, 0.25) is 0 Å². The Morgan fingerprint density at radius 1 is 1.33 bits per heavy atom. The molecule has 0 aromatic heterocycles. The summed E-state index contributed by atoms with van der Waals surface area (Å²) in [4.78, 5) is 0. The van der Waals surface area contributed by atoms with Gasteiger partial charge in [-0.3, -0.25) is 0 Å². The van der Waals surface area contributed by atoms with E-state index in [0.717, 1.165) is 32.3 Å². The summed E-state index contributed by atoms with van der Waals surface area (Å²) >= 11 is 0. The molecule has 2 N–H and O–H groups in total. The lowest BCUT2D eigenvalue weighted by Gasteiger charge is -2.18. The second-order valence-corrected chi connectivity index (χ2v) is 6.02. The van der Waals surface area contributed by atoms with E-state index in [1.165, 1.54) is 11.1 Å². The summed E-state index contributed by atoms with van der Waals surface area (Å²) in [6.45, 7) is 2.40. The lowest BCUT2D eigenvalue weighted by Crippen LogP contribution is -2.33. The van der Waals surface area contributed by atoms with Gasteiger partial charge >= 0.3 is 0 Å². The van der Waals surface area contributed by atoms with Crippen LogP contribution in [0.5, 0.6) is 0 Å². The highest BCUT2D eigenvalue weighted by molar-refractivity contribution is 5.34. The summed E-state index contributed by atoms with van der Waals surface area (Å²) in [7, 11) is 0. The summed E-state index contributed by atoms with van der Waals surface area (Å²) in [5.41, 5.74) is 2.81. The van der Waals surface area contributed by atoms with Gasteiger partial charge in [0.1, 0.15) is 0 Å². The van der Waals surface area contributed by atoms with Crippen molar-refractivity contribution in [1.29, 1.82) is 0 Å². The maximum Gasteiger partial charge on any atom is 0.0897 e. The van der Waals surface area contributed by atoms with E-state index in [9.17, 15) is 5.11 Å².